The smallest absolute Gasteiger partial charge is 0.246 e. The fraction of sp³-hybridized carbons (Fsp3) is 0.435. The Morgan fingerprint density at radius 2 is 1.48 bits per heavy atom. The SMILES string of the molecule is O=C(Nc1ccccc1CN1CCCC1)[C@@H](c1ccccc1)N1CCCC1. The highest BCUT2D eigenvalue weighted by Crippen LogP contribution is 2.28. The number of hydrogen-bond donors (Lipinski definition) is 1. The summed E-state index contributed by atoms with van der Waals surface area (Å²) >= 11 is 0. The van der Waals surface area contributed by atoms with Crippen LogP contribution in [0.5, 0.6) is 0 Å². The van der Waals surface area contributed by atoms with Crippen molar-refractivity contribution < 1.29 is 4.79 Å². The lowest BCUT2D eigenvalue weighted by Crippen LogP contribution is -2.35. The minimum Gasteiger partial charge on any atom is -0.324 e. The molecule has 0 bridgehead atoms. The van der Waals surface area contributed by atoms with E-state index in [1.807, 2.05) is 30.3 Å². The molecule has 1 N–H and O–H groups in total. The number of anilines is 1. The molecule has 1 amide bonds. The molecule has 0 radical (unpaired) electrons. The van der Waals surface area contributed by atoms with Crippen molar-refractivity contribution in [1.29, 1.82) is 0 Å². The van der Waals surface area contributed by atoms with E-state index in [1.54, 1.807) is 0 Å². The van der Waals surface area contributed by atoms with Gasteiger partial charge in [0.15, 0.2) is 0 Å². The molecular weight excluding hydrogens is 334 g/mol. The van der Waals surface area contributed by atoms with Gasteiger partial charge >= 0.3 is 0 Å². The highest BCUT2D eigenvalue weighted by atomic mass is 16.2. The molecule has 4 rings (SSSR count). The highest BCUT2D eigenvalue weighted by molar-refractivity contribution is 5.96. The van der Waals surface area contributed by atoms with E-state index in [2.05, 4.69) is 39.4 Å². The molecule has 0 aromatic heterocycles. The average molecular weight is 364 g/mol. The Balaban J connectivity index is 1.54. The number of nitrogens with one attached hydrogen (secondary N) is 1. The second kappa shape index (κ2) is 8.68. The lowest BCUT2D eigenvalue weighted by Gasteiger charge is -2.27. The molecule has 0 saturated carbocycles. The van der Waals surface area contributed by atoms with Gasteiger partial charge in [-0.3, -0.25) is 14.6 Å². The molecule has 142 valence electrons. The molecule has 2 fully saturated rings. The lowest BCUT2D eigenvalue weighted by atomic mass is 10.0. The van der Waals surface area contributed by atoms with Gasteiger partial charge in [0.1, 0.15) is 6.04 Å². The van der Waals surface area contributed by atoms with Crippen molar-refractivity contribution in [3.8, 4) is 0 Å². The van der Waals surface area contributed by atoms with Gasteiger partial charge in [-0.2, -0.15) is 0 Å². The van der Waals surface area contributed by atoms with Gasteiger partial charge in [0, 0.05) is 12.2 Å². The first-order valence-corrected chi connectivity index (χ1v) is 10.2. The third-order valence-corrected chi connectivity index (χ3v) is 5.74. The van der Waals surface area contributed by atoms with Crippen LogP contribution in [0.25, 0.3) is 0 Å². The minimum atomic E-state index is -0.214. The predicted molar refractivity (Wildman–Crippen MR) is 110 cm³/mol. The van der Waals surface area contributed by atoms with E-state index in [0.717, 1.165) is 44.0 Å². The maximum atomic E-state index is 13.3. The van der Waals surface area contributed by atoms with Gasteiger partial charge in [-0.15, -0.1) is 0 Å². The van der Waals surface area contributed by atoms with Crippen molar-refractivity contribution in [3.63, 3.8) is 0 Å². The quantitative estimate of drug-likeness (QED) is 0.841. The molecule has 4 heteroatoms. The minimum absolute atomic E-state index is 0.0805. The number of rotatable bonds is 6. The van der Waals surface area contributed by atoms with Crippen LogP contribution in [0.1, 0.15) is 42.9 Å². The van der Waals surface area contributed by atoms with Crippen LogP contribution >= 0.6 is 0 Å². The Hall–Kier alpha value is -2.17. The summed E-state index contributed by atoms with van der Waals surface area (Å²) in [5, 5.41) is 3.25. The van der Waals surface area contributed by atoms with E-state index in [1.165, 1.54) is 31.2 Å². The van der Waals surface area contributed by atoms with Gasteiger partial charge in [0.2, 0.25) is 5.91 Å². The maximum absolute atomic E-state index is 13.3. The first-order valence-electron chi connectivity index (χ1n) is 10.2. The van der Waals surface area contributed by atoms with Gasteiger partial charge in [-0.25, -0.2) is 0 Å². The Labute approximate surface area is 162 Å². The van der Waals surface area contributed by atoms with E-state index in [9.17, 15) is 4.79 Å². The third kappa shape index (κ3) is 4.40. The number of benzene rings is 2. The van der Waals surface area contributed by atoms with Crippen molar-refractivity contribution >= 4 is 11.6 Å². The maximum Gasteiger partial charge on any atom is 0.246 e. The Bertz CT molecular complexity index is 749. The van der Waals surface area contributed by atoms with Crippen molar-refractivity contribution in [2.75, 3.05) is 31.5 Å². The van der Waals surface area contributed by atoms with Crippen molar-refractivity contribution in [2.45, 2.75) is 38.3 Å². The Morgan fingerprint density at radius 1 is 0.852 bits per heavy atom. The zero-order valence-electron chi connectivity index (χ0n) is 15.9. The lowest BCUT2D eigenvalue weighted by molar-refractivity contribution is -0.121. The third-order valence-electron chi connectivity index (χ3n) is 5.74. The van der Waals surface area contributed by atoms with E-state index >= 15 is 0 Å². The van der Waals surface area contributed by atoms with Gasteiger partial charge in [-0.1, -0.05) is 48.5 Å². The van der Waals surface area contributed by atoms with Gasteiger partial charge in [-0.05, 0) is 69.1 Å². The summed E-state index contributed by atoms with van der Waals surface area (Å²) in [6, 6.07) is 18.2. The molecule has 2 aromatic rings. The van der Waals surface area contributed by atoms with E-state index in [-0.39, 0.29) is 11.9 Å². The molecule has 2 aliphatic heterocycles. The summed E-state index contributed by atoms with van der Waals surface area (Å²) in [5.41, 5.74) is 3.24. The summed E-state index contributed by atoms with van der Waals surface area (Å²) < 4.78 is 0. The summed E-state index contributed by atoms with van der Waals surface area (Å²) in [7, 11) is 0. The van der Waals surface area contributed by atoms with Crippen molar-refractivity contribution in [2.24, 2.45) is 0 Å². The van der Waals surface area contributed by atoms with Crippen LogP contribution in [0.2, 0.25) is 0 Å². The van der Waals surface area contributed by atoms with Crippen LogP contribution in [0.3, 0.4) is 0 Å². The van der Waals surface area contributed by atoms with E-state index in [0.29, 0.717) is 0 Å². The van der Waals surface area contributed by atoms with Crippen LogP contribution in [0, 0.1) is 0 Å². The zero-order valence-corrected chi connectivity index (χ0v) is 15.9. The summed E-state index contributed by atoms with van der Waals surface area (Å²) in [6.45, 7) is 5.20. The average Bonchev–Trinajstić information content (AvgIpc) is 3.39. The molecule has 0 unspecified atom stereocenters. The molecule has 2 saturated heterocycles. The molecule has 0 aliphatic carbocycles. The van der Waals surface area contributed by atoms with Crippen LogP contribution in [-0.4, -0.2) is 41.9 Å². The van der Waals surface area contributed by atoms with Crippen molar-refractivity contribution in [1.82, 2.24) is 9.80 Å². The normalized spacial score (nSPS) is 19.3. The second-order valence-corrected chi connectivity index (χ2v) is 7.69. The summed E-state index contributed by atoms with van der Waals surface area (Å²) in [4.78, 5) is 18.1. The molecular formula is C23H29N3O. The molecule has 0 spiro atoms. The Morgan fingerprint density at radius 3 is 2.22 bits per heavy atom. The van der Waals surface area contributed by atoms with Crippen LogP contribution in [0.4, 0.5) is 5.69 Å². The molecule has 27 heavy (non-hydrogen) atoms. The van der Waals surface area contributed by atoms with Crippen LogP contribution in [0.15, 0.2) is 54.6 Å². The molecule has 2 heterocycles. The van der Waals surface area contributed by atoms with Crippen LogP contribution in [-0.2, 0) is 11.3 Å². The fourth-order valence-electron chi connectivity index (χ4n) is 4.33. The number of hydrogen-bond acceptors (Lipinski definition) is 3. The summed E-state index contributed by atoms with van der Waals surface area (Å²) in [6.07, 6.45) is 4.89. The van der Waals surface area contributed by atoms with Crippen molar-refractivity contribution in [3.05, 3.63) is 65.7 Å². The predicted octanol–water partition coefficient (Wildman–Crippen LogP) is 4.06. The first-order chi connectivity index (χ1) is 13.3. The molecule has 4 nitrogen and oxygen atoms in total. The number of para-hydroxylation sites is 1. The molecule has 1 atom stereocenters. The van der Waals surface area contributed by atoms with Gasteiger partial charge in [0.05, 0.1) is 0 Å². The highest BCUT2D eigenvalue weighted by Gasteiger charge is 2.30. The van der Waals surface area contributed by atoms with E-state index in [4.69, 9.17) is 0 Å². The number of carbonyl (C=O) groups is 1. The number of nitrogens with zero attached hydrogens (tertiary/aromatic N) is 2. The fourth-order valence-corrected chi connectivity index (χ4v) is 4.33. The topological polar surface area (TPSA) is 35.6 Å². The monoisotopic (exact) mass is 363 g/mol. The number of amides is 1. The van der Waals surface area contributed by atoms with E-state index < -0.39 is 0 Å². The van der Waals surface area contributed by atoms with Gasteiger partial charge < -0.3 is 5.32 Å². The summed E-state index contributed by atoms with van der Waals surface area (Å²) in [5.74, 6) is 0.0805. The first kappa shape index (κ1) is 18.2. The largest absolute Gasteiger partial charge is 0.324 e. The number of likely N-dealkylation sites (tertiary alicyclic amines) is 2. The zero-order chi connectivity index (χ0) is 18.5. The second-order valence-electron chi connectivity index (χ2n) is 7.69. The van der Waals surface area contributed by atoms with Gasteiger partial charge in [0.25, 0.3) is 0 Å². The van der Waals surface area contributed by atoms with Crippen LogP contribution < -0.4 is 5.32 Å². The molecule has 2 aromatic carbocycles. The molecule has 2 aliphatic rings. The number of carbonyl (C=O) groups excluding carboxylic acids is 1. The standard InChI is InChI=1S/C23H29N3O/c27-23(22(26-16-8-9-17-26)19-10-2-1-3-11-19)24-21-13-5-4-12-20(21)18-25-14-6-7-15-25/h1-5,10-13,22H,6-9,14-18H2,(H,24,27)/t22-/m1/s1. The Kier molecular flexibility index (Phi) is 5.85.